The van der Waals surface area contributed by atoms with Crippen LogP contribution in [0.2, 0.25) is 0 Å². The summed E-state index contributed by atoms with van der Waals surface area (Å²) in [5, 5.41) is 0. The van der Waals surface area contributed by atoms with Gasteiger partial charge >= 0.3 is 0 Å². The zero-order valence-corrected chi connectivity index (χ0v) is 9.72. The smallest absolute Gasteiger partial charge is 0.122 e. The van der Waals surface area contributed by atoms with Crippen LogP contribution < -0.4 is 4.74 Å². The third kappa shape index (κ3) is 2.83. The molecule has 0 unspecified atom stereocenters. The Morgan fingerprint density at radius 3 is 2.83 bits per heavy atom. The average molecular weight is 297 g/mol. The predicted octanol–water partition coefficient (Wildman–Crippen LogP) is 3.22. The Balaban J connectivity index is 2.72. The van der Waals surface area contributed by atoms with E-state index >= 15 is 0 Å². The largest absolute Gasteiger partial charge is 0.492 e. The molecule has 0 aliphatic heterocycles. The molecule has 0 saturated heterocycles. The first-order chi connectivity index (χ1) is 5.74. The van der Waals surface area contributed by atoms with E-state index in [0.717, 1.165) is 11.3 Å². The number of rotatable bonds is 3. The summed E-state index contributed by atoms with van der Waals surface area (Å²) in [6.07, 6.45) is 0. The van der Waals surface area contributed by atoms with E-state index in [1.54, 1.807) is 0 Å². The Hall–Kier alpha value is 0.0400. The Morgan fingerprint density at radius 2 is 2.25 bits per heavy atom. The summed E-state index contributed by atoms with van der Waals surface area (Å²) >= 11 is 7.79. The summed E-state index contributed by atoms with van der Waals surface area (Å²) in [5.74, 6) is 1.46. The zero-order valence-electron chi connectivity index (χ0n) is 6.81. The van der Waals surface area contributed by atoms with E-state index in [2.05, 4.69) is 28.7 Å². The molecule has 0 heterocycles. The van der Waals surface area contributed by atoms with Gasteiger partial charge in [0.25, 0.3) is 0 Å². The molecule has 0 spiro atoms. The van der Waals surface area contributed by atoms with Gasteiger partial charge in [0.1, 0.15) is 12.4 Å². The Morgan fingerprint density at radius 1 is 1.50 bits per heavy atom. The lowest BCUT2D eigenvalue weighted by Crippen LogP contribution is -1.99. The van der Waals surface area contributed by atoms with Crippen molar-refractivity contribution in [2.75, 3.05) is 12.5 Å². The molecule has 1 rings (SSSR count). The second-order valence-electron chi connectivity index (χ2n) is 2.45. The predicted molar refractivity (Wildman–Crippen MR) is 60.1 cm³/mol. The molecule has 0 saturated carbocycles. The minimum Gasteiger partial charge on any atom is -0.492 e. The maximum Gasteiger partial charge on any atom is 0.122 e. The van der Waals surface area contributed by atoms with Gasteiger partial charge in [0, 0.05) is 3.57 Å². The van der Waals surface area contributed by atoms with E-state index in [-0.39, 0.29) is 0 Å². The van der Waals surface area contributed by atoms with E-state index in [4.69, 9.17) is 16.3 Å². The fraction of sp³-hybridized carbons (Fsp3) is 0.333. The van der Waals surface area contributed by atoms with Gasteiger partial charge in [0.2, 0.25) is 0 Å². The monoisotopic (exact) mass is 296 g/mol. The Bertz CT molecular complexity index is 263. The minimum absolute atomic E-state index is 0.533. The lowest BCUT2D eigenvalue weighted by atomic mass is 10.2. The fourth-order valence-corrected chi connectivity index (χ4v) is 1.65. The number of hydrogen-bond donors (Lipinski definition) is 0. The highest BCUT2D eigenvalue weighted by atomic mass is 127. The molecule has 0 fully saturated rings. The summed E-state index contributed by atoms with van der Waals surface area (Å²) in [7, 11) is 0. The highest BCUT2D eigenvalue weighted by molar-refractivity contribution is 14.1. The van der Waals surface area contributed by atoms with Crippen LogP contribution in [-0.2, 0) is 0 Å². The molecule has 0 N–H and O–H groups in total. The minimum atomic E-state index is 0.533. The van der Waals surface area contributed by atoms with Crippen LogP contribution in [0.4, 0.5) is 0 Å². The van der Waals surface area contributed by atoms with Crippen molar-refractivity contribution in [1.82, 2.24) is 0 Å². The molecule has 3 heteroatoms. The first kappa shape index (κ1) is 10.1. The van der Waals surface area contributed by atoms with Crippen LogP contribution in [0.15, 0.2) is 18.2 Å². The normalized spacial score (nSPS) is 9.92. The summed E-state index contributed by atoms with van der Waals surface area (Å²) in [5.41, 5.74) is 1.16. The molecule has 12 heavy (non-hydrogen) atoms. The van der Waals surface area contributed by atoms with Gasteiger partial charge in [-0.15, -0.1) is 11.6 Å². The lowest BCUT2D eigenvalue weighted by molar-refractivity contribution is 0.340. The Labute approximate surface area is 91.2 Å². The molecular formula is C9H10ClIO. The van der Waals surface area contributed by atoms with Gasteiger partial charge in [0.15, 0.2) is 0 Å². The molecule has 0 radical (unpaired) electrons. The number of hydrogen-bond acceptors (Lipinski definition) is 1. The van der Waals surface area contributed by atoms with Gasteiger partial charge < -0.3 is 4.74 Å². The van der Waals surface area contributed by atoms with Crippen LogP contribution in [0.5, 0.6) is 5.75 Å². The van der Waals surface area contributed by atoms with E-state index in [9.17, 15) is 0 Å². The lowest BCUT2D eigenvalue weighted by Gasteiger charge is -2.06. The third-order valence-electron chi connectivity index (χ3n) is 1.47. The second-order valence-corrected chi connectivity index (χ2v) is 4.07. The summed E-state index contributed by atoms with van der Waals surface area (Å²) in [6, 6.07) is 6.09. The van der Waals surface area contributed by atoms with Gasteiger partial charge in [-0.05, 0) is 53.3 Å². The standard InChI is InChI=1S/C9H10ClIO/c1-7-6-8(11)2-3-9(7)12-5-4-10/h2-3,6H,4-5H2,1H3. The summed E-state index contributed by atoms with van der Waals surface area (Å²) in [6.45, 7) is 2.61. The van der Waals surface area contributed by atoms with E-state index in [1.165, 1.54) is 3.57 Å². The van der Waals surface area contributed by atoms with Crippen LogP contribution in [0, 0.1) is 10.5 Å². The van der Waals surface area contributed by atoms with Crippen molar-refractivity contribution in [2.45, 2.75) is 6.92 Å². The molecule has 0 amide bonds. The summed E-state index contributed by atoms with van der Waals surface area (Å²) in [4.78, 5) is 0. The molecular weight excluding hydrogens is 286 g/mol. The van der Waals surface area contributed by atoms with Crippen LogP contribution >= 0.6 is 34.2 Å². The van der Waals surface area contributed by atoms with Crippen molar-refractivity contribution in [3.63, 3.8) is 0 Å². The number of ether oxygens (including phenoxy) is 1. The van der Waals surface area contributed by atoms with Crippen LogP contribution in [0.25, 0.3) is 0 Å². The van der Waals surface area contributed by atoms with Crippen molar-refractivity contribution >= 4 is 34.2 Å². The van der Waals surface area contributed by atoms with Crippen molar-refractivity contribution in [2.24, 2.45) is 0 Å². The third-order valence-corrected chi connectivity index (χ3v) is 2.30. The van der Waals surface area contributed by atoms with Gasteiger partial charge in [0.05, 0.1) is 5.88 Å². The first-order valence-corrected chi connectivity index (χ1v) is 5.30. The highest BCUT2D eigenvalue weighted by Crippen LogP contribution is 2.19. The SMILES string of the molecule is Cc1cc(I)ccc1OCCCl. The number of halogens is 2. The molecule has 0 atom stereocenters. The molecule has 1 nitrogen and oxygen atoms in total. The number of aryl methyl sites for hydroxylation is 1. The topological polar surface area (TPSA) is 9.23 Å². The molecule has 0 aliphatic carbocycles. The quantitative estimate of drug-likeness (QED) is 0.615. The van der Waals surface area contributed by atoms with Crippen LogP contribution in [0.3, 0.4) is 0 Å². The molecule has 1 aromatic carbocycles. The molecule has 0 bridgehead atoms. The zero-order chi connectivity index (χ0) is 8.97. The number of alkyl halides is 1. The highest BCUT2D eigenvalue weighted by Gasteiger charge is 1.98. The average Bonchev–Trinajstić information content (AvgIpc) is 2.03. The van der Waals surface area contributed by atoms with Crippen LogP contribution in [0.1, 0.15) is 5.56 Å². The van der Waals surface area contributed by atoms with Crippen molar-refractivity contribution in [3.05, 3.63) is 27.3 Å². The number of benzene rings is 1. The summed E-state index contributed by atoms with van der Waals surface area (Å²) < 4.78 is 6.63. The molecule has 66 valence electrons. The Kier molecular flexibility index (Phi) is 4.15. The van der Waals surface area contributed by atoms with Gasteiger partial charge in [-0.1, -0.05) is 0 Å². The van der Waals surface area contributed by atoms with E-state index < -0.39 is 0 Å². The molecule has 0 aromatic heterocycles. The van der Waals surface area contributed by atoms with E-state index in [0.29, 0.717) is 12.5 Å². The molecule has 1 aromatic rings. The maximum atomic E-state index is 5.51. The van der Waals surface area contributed by atoms with Crippen molar-refractivity contribution in [3.8, 4) is 5.75 Å². The fourth-order valence-electron chi connectivity index (χ4n) is 0.923. The maximum absolute atomic E-state index is 5.51. The second kappa shape index (κ2) is 4.92. The van der Waals surface area contributed by atoms with Crippen LogP contribution in [-0.4, -0.2) is 12.5 Å². The molecule has 0 aliphatic rings. The van der Waals surface area contributed by atoms with Gasteiger partial charge in [-0.3, -0.25) is 0 Å². The first-order valence-electron chi connectivity index (χ1n) is 3.69. The van der Waals surface area contributed by atoms with Crippen molar-refractivity contribution in [1.29, 1.82) is 0 Å². The van der Waals surface area contributed by atoms with Gasteiger partial charge in [-0.2, -0.15) is 0 Å². The van der Waals surface area contributed by atoms with Crippen molar-refractivity contribution < 1.29 is 4.74 Å². The van der Waals surface area contributed by atoms with E-state index in [1.807, 2.05) is 19.1 Å². The van der Waals surface area contributed by atoms with Gasteiger partial charge in [-0.25, -0.2) is 0 Å².